The number of aromatic nitrogens is 1. The van der Waals surface area contributed by atoms with Gasteiger partial charge < -0.3 is 4.52 Å². The van der Waals surface area contributed by atoms with Crippen molar-refractivity contribution in [3.63, 3.8) is 0 Å². The van der Waals surface area contributed by atoms with Crippen molar-refractivity contribution < 1.29 is 12.9 Å². The minimum absolute atomic E-state index is 0.258. The Morgan fingerprint density at radius 2 is 2.00 bits per heavy atom. The summed E-state index contributed by atoms with van der Waals surface area (Å²) in [5.74, 6) is 0.629. The second-order valence-electron chi connectivity index (χ2n) is 5.91. The summed E-state index contributed by atoms with van der Waals surface area (Å²) in [4.78, 5) is 0.385. The van der Waals surface area contributed by atoms with Crippen molar-refractivity contribution in [1.82, 2.24) is 9.46 Å². The summed E-state index contributed by atoms with van der Waals surface area (Å²) in [7, 11) is -3.53. The van der Waals surface area contributed by atoms with Gasteiger partial charge in [-0.2, -0.15) is 4.31 Å². The second kappa shape index (κ2) is 5.52. The summed E-state index contributed by atoms with van der Waals surface area (Å²) < 4.78 is 33.0. The van der Waals surface area contributed by atoms with Crippen LogP contribution in [-0.4, -0.2) is 24.4 Å². The molecule has 0 aliphatic carbocycles. The molecule has 0 amide bonds. The maximum absolute atomic E-state index is 13.1. The number of hydrogen-bond acceptors (Lipinski definition) is 4. The van der Waals surface area contributed by atoms with E-state index < -0.39 is 10.0 Å². The van der Waals surface area contributed by atoms with Gasteiger partial charge >= 0.3 is 0 Å². The van der Waals surface area contributed by atoms with Crippen LogP contribution in [0.3, 0.4) is 0 Å². The zero-order chi connectivity index (χ0) is 15.9. The summed E-state index contributed by atoms with van der Waals surface area (Å²) in [6, 6.07) is 7.08. The third kappa shape index (κ3) is 2.57. The van der Waals surface area contributed by atoms with Crippen LogP contribution in [0, 0.1) is 20.8 Å². The van der Waals surface area contributed by atoms with Crippen molar-refractivity contribution in [3.05, 3.63) is 46.8 Å². The predicted molar refractivity (Wildman–Crippen MR) is 83.0 cm³/mol. The summed E-state index contributed by atoms with van der Waals surface area (Å²) in [5.41, 5.74) is 2.48. The molecule has 0 spiro atoms. The molecule has 6 heteroatoms. The van der Waals surface area contributed by atoms with E-state index in [4.69, 9.17) is 4.52 Å². The van der Waals surface area contributed by atoms with E-state index in [-0.39, 0.29) is 6.04 Å². The lowest BCUT2D eigenvalue weighted by molar-refractivity contribution is 0.297. The van der Waals surface area contributed by atoms with Crippen molar-refractivity contribution in [2.75, 3.05) is 6.54 Å². The van der Waals surface area contributed by atoms with Gasteiger partial charge in [0, 0.05) is 12.6 Å². The second-order valence-corrected chi connectivity index (χ2v) is 7.77. The molecule has 1 saturated heterocycles. The normalized spacial score (nSPS) is 19.7. The molecular formula is C16H20N2O3S. The average molecular weight is 320 g/mol. The van der Waals surface area contributed by atoms with Gasteiger partial charge in [-0.15, -0.1) is 0 Å². The van der Waals surface area contributed by atoms with Crippen LogP contribution < -0.4 is 0 Å². The molecule has 0 N–H and O–H groups in total. The molecule has 1 aliphatic heterocycles. The van der Waals surface area contributed by atoms with Crippen molar-refractivity contribution in [3.8, 4) is 0 Å². The Kier molecular flexibility index (Phi) is 3.82. The number of nitrogens with zero attached hydrogens (tertiary/aromatic N) is 2. The van der Waals surface area contributed by atoms with Crippen LogP contribution in [0.1, 0.15) is 41.5 Å². The van der Waals surface area contributed by atoms with E-state index in [0.29, 0.717) is 17.2 Å². The summed E-state index contributed by atoms with van der Waals surface area (Å²) >= 11 is 0. The Bertz CT molecular complexity index is 795. The number of sulfonamides is 1. The van der Waals surface area contributed by atoms with E-state index in [9.17, 15) is 8.42 Å². The topological polar surface area (TPSA) is 63.4 Å². The van der Waals surface area contributed by atoms with Crippen LogP contribution in [0.4, 0.5) is 0 Å². The number of hydrogen-bond donors (Lipinski definition) is 0. The average Bonchev–Trinajstić information content (AvgIpc) is 3.09. The van der Waals surface area contributed by atoms with E-state index in [1.54, 1.807) is 10.4 Å². The quantitative estimate of drug-likeness (QED) is 0.871. The van der Waals surface area contributed by atoms with Gasteiger partial charge in [-0.25, -0.2) is 8.42 Å². The fourth-order valence-corrected chi connectivity index (χ4v) is 4.94. The lowest BCUT2D eigenvalue weighted by atomic mass is 10.2. The summed E-state index contributed by atoms with van der Waals surface area (Å²) in [5, 5.41) is 3.89. The molecule has 1 aromatic carbocycles. The van der Waals surface area contributed by atoms with Gasteiger partial charge in [-0.3, -0.25) is 0 Å². The maximum atomic E-state index is 13.1. The van der Waals surface area contributed by atoms with Gasteiger partial charge in [0.1, 0.15) is 0 Å². The van der Waals surface area contributed by atoms with Crippen LogP contribution in [0.2, 0.25) is 0 Å². The van der Waals surface area contributed by atoms with Crippen LogP contribution in [-0.2, 0) is 10.0 Å². The molecule has 1 atom stereocenters. The summed E-state index contributed by atoms with van der Waals surface area (Å²) in [6.07, 6.45) is 1.59. The van der Waals surface area contributed by atoms with E-state index in [0.717, 1.165) is 29.7 Å². The first-order valence-corrected chi connectivity index (χ1v) is 8.86. The molecule has 2 heterocycles. The van der Waals surface area contributed by atoms with Crippen molar-refractivity contribution in [2.24, 2.45) is 0 Å². The standard InChI is InChI=1S/C16H20N2O3S/c1-11-6-7-12(2)16(9-11)22(19,20)18-8-4-5-14(18)15-10-13(3)17-21-15/h6-7,9-10,14H,4-5,8H2,1-3H3/t14-/m1/s1. The molecule has 1 aliphatic rings. The molecular weight excluding hydrogens is 300 g/mol. The van der Waals surface area contributed by atoms with E-state index in [1.807, 2.05) is 39.0 Å². The first kappa shape index (κ1) is 15.2. The molecule has 5 nitrogen and oxygen atoms in total. The Balaban J connectivity index is 2.02. The molecule has 0 saturated carbocycles. The third-order valence-electron chi connectivity index (χ3n) is 4.11. The highest BCUT2D eigenvalue weighted by Gasteiger charge is 2.38. The number of aryl methyl sites for hydroxylation is 3. The monoisotopic (exact) mass is 320 g/mol. The molecule has 1 fully saturated rings. The van der Waals surface area contributed by atoms with Crippen LogP contribution >= 0.6 is 0 Å². The van der Waals surface area contributed by atoms with Crippen LogP contribution in [0.25, 0.3) is 0 Å². The lowest BCUT2D eigenvalue weighted by Crippen LogP contribution is -2.31. The predicted octanol–water partition coefficient (Wildman–Crippen LogP) is 3.13. The third-order valence-corrected chi connectivity index (χ3v) is 6.16. The zero-order valence-electron chi connectivity index (χ0n) is 13.0. The SMILES string of the molecule is Cc1ccc(C)c(S(=O)(=O)N2CCC[C@@H]2c2cc(C)no2)c1. The minimum atomic E-state index is -3.53. The van der Waals surface area contributed by atoms with Crippen molar-refractivity contribution in [2.45, 2.75) is 44.6 Å². The Labute approximate surface area is 131 Å². The number of rotatable bonds is 3. The summed E-state index contributed by atoms with van der Waals surface area (Å²) in [6.45, 7) is 6.08. The molecule has 0 radical (unpaired) electrons. The van der Waals surface area contributed by atoms with Crippen molar-refractivity contribution in [1.29, 1.82) is 0 Å². The fourth-order valence-electron chi connectivity index (χ4n) is 2.96. The maximum Gasteiger partial charge on any atom is 0.244 e. The zero-order valence-corrected chi connectivity index (χ0v) is 13.9. The molecule has 1 aromatic heterocycles. The molecule has 118 valence electrons. The van der Waals surface area contributed by atoms with Gasteiger partial charge in [-0.1, -0.05) is 17.3 Å². The highest BCUT2D eigenvalue weighted by Crippen LogP contribution is 2.37. The fraction of sp³-hybridized carbons (Fsp3) is 0.438. The largest absolute Gasteiger partial charge is 0.359 e. The van der Waals surface area contributed by atoms with Gasteiger partial charge in [-0.05, 0) is 50.8 Å². The smallest absolute Gasteiger partial charge is 0.244 e. The van der Waals surface area contributed by atoms with Gasteiger partial charge in [0.2, 0.25) is 10.0 Å². The minimum Gasteiger partial charge on any atom is -0.359 e. The van der Waals surface area contributed by atoms with Gasteiger partial charge in [0.15, 0.2) is 5.76 Å². The first-order chi connectivity index (χ1) is 10.4. The van der Waals surface area contributed by atoms with Crippen LogP contribution in [0.15, 0.2) is 33.7 Å². The molecule has 22 heavy (non-hydrogen) atoms. The van der Waals surface area contributed by atoms with Crippen LogP contribution in [0.5, 0.6) is 0 Å². The van der Waals surface area contributed by atoms with E-state index in [2.05, 4.69) is 5.16 Å². The highest BCUT2D eigenvalue weighted by atomic mass is 32.2. The molecule has 3 rings (SSSR count). The molecule has 2 aromatic rings. The van der Waals surface area contributed by atoms with E-state index in [1.165, 1.54) is 0 Å². The Hall–Kier alpha value is -1.66. The highest BCUT2D eigenvalue weighted by molar-refractivity contribution is 7.89. The molecule has 0 unspecified atom stereocenters. The first-order valence-electron chi connectivity index (χ1n) is 7.42. The molecule has 0 bridgehead atoms. The Morgan fingerprint density at radius 1 is 1.23 bits per heavy atom. The van der Waals surface area contributed by atoms with Gasteiger partial charge in [0.05, 0.1) is 16.6 Å². The van der Waals surface area contributed by atoms with Gasteiger partial charge in [0.25, 0.3) is 0 Å². The lowest BCUT2D eigenvalue weighted by Gasteiger charge is -2.23. The Morgan fingerprint density at radius 3 is 2.68 bits per heavy atom. The number of benzene rings is 1. The van der Waals surface area contributed by atoms with E-state index >= 15 is 0 Å². The van der Waals surface area contributed by atoms with Crippen molar-refractivity contribution >= 4 is 10.0 Å².